The van der Waals surface area contributed by atoms with E-state index in [2.05, 4.69) is 4.98 Å². The van der Waals surface area contributed by atoms with Gasteiger partial charge in [-0.05, 0) is 51.3 Å². The summed E-state index contributed by atoms with van der Waals surface area (Å²) in [6, 6.07) is 11.0. The lowest BCUT2D eigenvalue weighted by Gasteiger charge is -2.20. The first-order chi connectivity index (χ1) is 14.8. The molecule has 0 unspecified atom stereocenters. The SMILES string of the molecule is CN(C)CCCN(C(=O)c1cc2cc([N+](=O)[O-])ccc2s1)c1nc2c(F)cccc2s1.Cl. The molecule has 2 aromatic heterocycles. The van der Waals surface area contributed by atoms with E-state index in [-0.39, 0.29) is 29.5 Å². The van der Waals surface area contributed by atoms with Crippen LogP contribution >= 0.6 is 35.1 Å². The third kappa shape index (κ3) is 4.88. The molecule has 0 atom stereocenters. The van der Waals surface area contributed by atoms with Gasteiger partial charge in [0.2, 0.25) is 0 Å². The molecule has 0 saturated carbocycles. The topological polar surface area (TPSA) is 79.6 Å². The molecule has 0 aliphatic rings. The molecular weight excluding hydrogens is 475 g/mol. The van der Waals surface area contributed by atoms with Crippen LogP contribution < -0.4 is 4.90 Å². The summed E-state index contributed by atoms with van der Waals surface area (Å²) in [7, 11) is 3.91. The minimum absolute atomic E-state index is 0. The van der Waals surface area contributed by atoms with Crippen molar-refractivity contribution < 1.29 is 14.1 Å². The van der Waals surface area contributed by atoms with Crippen LogP contribution in [0.25, 0.3) is 20.3 Å². The Morgan fingerprint density at radius 3 is 2.59 bits per heavy atom. The van der Waals surface area contributed by atoms with Gasteiger partial charge in [0.05, 0.1) is 14.5 Å². The number of fused-ring (bicyclic) bond motifs is 2. The van der Waals surface area contributed by atoms with Gasteiger partial charge in [-0.2, -0.15) is 0 Å². The average Bonchev–Trinajstić information content (AvgIpc) is 3.34. The largest absolute Gasteiger partial charge is 0.309 e. The van der Waals surface area contributed by atoms with E-state index in [0.717, 1.165) is 11.2 Å². The molecule has 0 saturated heterocycles. The summed E-state index contributed by atoms with van der Waals surface area (Å²) in [6.45, 7) is 1.20. The fourth-order valence-corrected chi connectivity index (χ4v) is 5.23. The molecule has 0 radical (unpaired) electrons. The number of benzene rings is 2. The summed E-state index contributed by atoms with van der Waals surface area (Å²) >= 11 is 2.55. The molecule has 4 aromatic rings. The van der Waals surface area contributed by atoms with Crippen molar-refractivity contribution in [3.05, 3.63) is 63.3 Å². The number of amides is 1. The fraction of sp³-hybridized carbons (Fsp3) is 0.238. The monoisotopic (exact) mass is 494 g/mol. The molecule has 2 heterocycles. The van der Waals surface area contributed by atoms with Gasteiger partial charge in [0, 0.05) is 28.8 Å². The van der Waals surface area contributed by atoms with Crippen molar-refractivity contribution in [1.29, 1.82) is 0 Å². The van der Waals surface area contributed by atoms with Gasteiger partial charge in [0.25, 0.3) is 11.6 Å². The highest BCUT2D eigenvalue weighted by Crippen LogP contribution is 2.34. The number of halogens is 2. The predicted molar refractivity (Wildman–Crippen MR) is 130 cm³/mol. The number of nitro groups is 1. The molecule has 0 N–H and O–H groups in total. The molecule has 0 aliphatic carbocycles. The molecule has 0 fully saturated rings. The highest BCUT2D eigenvalue weighted by molar-refractivity contribution is 7.23. The maximum absolute atomic E-state index is 14.2. The standard InChI is InChI=1S/C21H19FN4O3S2.ClH/c1-24(2)9-4-10-25(21-23-19-15(22)5-3-6-17(19)31-21)20(27)18-12-13-11-14(26(28)29)7-8-16(13)30-18;/h3,5-8,11-12H,4,9-10H2,1-2H3;1H. The third-order valence-corrected chi connectivity index (χ3v) is 6.89. The number of hydrogen-bond donors (Lipinski definition) is 0. The van der Waals surface area contributed by atoms with Gasteiger partial charge in [0.15, 0.2) is 5.13 Å². The summed E-state index contributed by atoms with van der Waals surface area (Å²) in [5, 5.41) is 12.1. The summed E-state index contributed by atoms with van der Waals surface area (Å²) in [5.41, 5.74) is 0.230. The second-order valence-corrected chi connectivity index (χ2v) is 9.38. The number of para-hydroxylation sites is 1. The van der Waals surface area contributed by atoms with Gasteiger partial charge in [-0.15, -0.1) is 23.7 Å². The molecule has 7 nitrogen and oxygen atoms in total. The number of carbonyl (C=O) groups excluding carboxylic acids is 1. The Bertz CT molecular complexity index is 1290. The van der Waals surface area contributed by atoms with Gasteiger partial charge < -0.3 is 4.90 Å². The summed E-state index contributed by atoms with van der Waals surface area (Å²) in [5.74, 6) is -0.670. The molecule has 2 aromatic carbocycles. The first-order valence-corrected chi connectivity index (χ1v) is 11.2. The minimum atomic E-state index is -0.457. The normalized spacial score (nSPS) is 11.1. The van der Waals surface area contributed by atoms with Crippen LogP contribution in [0.2, 0.25) is 0 Å². The van der Waals surface area contributed by atoms with Crippen molar-refractivity contribution >= 4 is 72.1 Å². The van der Waals surface area contributed by atoms with Gasteiger partial charge in [0.1, 0.15) is 11.3 Å². The van der Waals surface area contributed by atoms with Crippen molar-refractivity contribution in [3.8, 4) is 0 Å². The summed E-state index contributed by atoms with van der Waals surface area (Å²) in [4.78, 5) is 32.5. The Kier molecular flexibility index (Phi) is 7.40. The molecule has 0 aliphatic heterocycles. The molecule has 0 bridgehead atoms. The minimum Gasteiger partial charge on any atom is -0.309 e. The van der Waals surface area contributed by atoms with Crippen LogP contribution in [0.3, 0.4) is 0 Å². The van der Waals surface area contributed by atoms with Crippen LogP contribution in [0.4, 0.5) is 15.2 Å². The molecular formula is C21H20ClFN4O3S2. The van der Waals surface area contributed by atoms with Crippen LogP contribution in [0, 0.1) is 15.9 Å². The number of aromatic nitrogens is 1. The van der Waals surface area contributed by atoms with Crippen molar-refractivity contribution in [1.82, 2.24) is 9.88 Å². The van der Waals surface area contributed by atoms with Crippen LogP contribution in [-0.4, -0.2) is 47.9 Å². The first kappa shape index (κ1) is 24.0. The first-order valence-electron chi connectivity index (χ1n) is 9.53. The zero-order valence-electron chi connectivity index (χ0n) is 17.3. The lowest BCUT2D eigenvalue weighted by Crippen LogP contribution is -2.33. The van der Waals surface area contributed by atoms with Gasteiger partial charge in [-0.25, -0.2) is 9.37 Å². The van der Waals surface area contributed by atoms with Crippen molar-refractivity contribution in [2.24, 2.45) is 0 Å². The van der Waals surface area contributed by atoms with E-state index in [1.807, 2.05) is 19.0 Å². The maximum atomic E-state index is 14.2. The number of rotatable bonds is 7. The van der Waals surface area contributed by atoms with E-state index < -0.39 is 10.7 Å². The summed E-state index contributed by atoms with van der Waals surface area (Å²) in [6.07, 6.45) is 0.716. The smallest absolute Gasteiger partial charge is 0.270 e. The number of nitro benzene ring substituents is 1. The predicted octanol–water partition coefficient (Wildman–Crippen LogP) is 5.58. The Morgan fingerprint density at radius 2 is 1.91 bits per heavy atom. The van der Waals surface area contributed by atoms with E-state index in [9.17, 15) is 19.3 Å². The van der Waals surface area contributed by atoms with Crippen molar-refractivity contribution in [2.75, 3.05) is 32.1 Å². The van der Waals surface area contributed by atoms with E-state index in [1.165, 1.54) is 40.9 Å². The lowest BCUT2D eigenvalue weighted by atomic mass is 10.2. The Labute approximate surface area is 197 Å². The van der Waals surface area contributed by atoms with Crippen molar-refractivity contribution in [2.45, 2.75) is 6.42 Å². The molecule has 11 heteroatoms. The number of thiazole rings is 1. The number of hydrogen-bond acceptors (Lipinski definition) is 7. The van der Waals surface area contributed by atoms with Gasteiger partial charge >= 0.3 is 0 Å². The van der Waals surface area contributed by atoms with Gasteiger partial charge in [-0.1, -0.05) is 17.4 Å². The highest BCUT2D eigenvalue weighted by Gasteiger charge is 2.24. The zero-order valence-corrected chi connectivity index (χ0v) is 19.7. The van der Waals surface area contributed by atoms with Crippen LogP contribution in [0.15, 0.2) is 42.5 Å². The van der Waals surface area contributed by atoms with Crippen molar-refractivity contribution in [3.63, 3.8) is 0 Å². The van der Waals surface area contributed by atoms with E-state index in [1.54, 1.807) is 29.2 Å². The Morgan fingerprint density at radius 1 is 1.12 bits per heavy atom. The highest BCUT2D eigenvalue weighted by atomic mass is 35.5. The number of non-ortho nitro benzene ring substituents is 1. The zero-order chi connectivity index (χ0) is 22.1. The lowest BCUT2D eigenvalue weighted by molar-refractivity contribution is -0.384. The van der Waals surface area contributed by atoms with Crippen LogP contribution in [-0.2, 0) is 0 Å². The van der Waals surface area contributed by atoms with E-state index in [4.69, 9.17) is 0 Å². The third-order valence-electron chi connectivity index (χ3n) is 4.74. The second-order valence-electron chi connectivity index (χ2n) is 7.29. The maximum Gasteiger partial charge on any atom is 0.270 e. The molecule has 0 spiro atoms. The molecule has 168 valence electrons. The fourth-order valence-electron chi connectivity index (χ4n) is 3.23. The average molecular weight is 495 g/mol. The molecule has 4 rings (SSSR count). The summed E-state index contributed by atoms with van der Waals surface area (Å²) < 4.78 is 15.6. The number of nitrogens with zero attached hydrogens (tertiary/aromatic N) is 4. The quantitative estimate of drug-likeness (QED) is 0.247. The van der Waals surface area contributed by atoms with Crippen LogP contribution in [0.5, 0.6) is 0 Å². The van der Waals surface area contributed by atoms with Gasteiger partial charge in [-0.3, -0.25) is 19.8 Å². The number of carbonyl (C=O) groups is 1. The molecule has 1 amide bonds. The Hall–Kier alpha value is -2.66. The number of anilines is 1. The Balaban J connectivity index is 0.00000289. The number of thiophene rings is 1. The van der Waals surface area contributed by atoms with Crippen LogP contribution in [0.1, 0.15) is 16.1 Å². The molecule has 32 heavy (non-hydrogen) atoms. The second kappa shape index (κ2) is 9.86. The van der Waals surface area contributed by atoms with E-state index in [0.29, 0.717) is 33.1 Å². The van der Waals surface area contributed by atoms with E-state index >= 15 is 0 Å².